The molecule has 0 saturated carbocycles. The van der Waals surface area contributed by atoms with E-state index in [9.17, 15) is 0 Å². The Labute approximate surface area is 105 Å². The molecular weight excluding hydrogens is 230 g/mol. The minimum absolute atomic E-state index is 0.298. The minimum Gasteiger partial charge on any atom is -0.368 e. The summed E-state index contributed by atoms with van der Waals surface area (Å²) in [5.41, 5.74) is 6.58. The molecule has 7 nitrogen and oxygen atoms in total. The highest BCUT2D eigenvalue weighted by atomic mass is 15.3. The van der Waals surface area contributed by atoms with Gasteiger partial charge in [-0.15, -0.1) is 0 Å². The van der Waals surface area contributed by atoms with Crippen LogP contribution in [0.25, 0.3) is 11.0 Å². The predicted molar refractivity (Wildman–Crippen MR) is 70.4 cm³/mol. The summed E-state index contributed by atoms with van der Waals surface area (Å²) in [6, 6.07) is 0.386. The SMILES string of the molecule is CC1CNCCN1c1nc(N)nc2c1cnn2C. The molecule has 3 heterocycles. The lowest BCUT2D eigenvalue weighted by Gasteiger charge is -2.35. The summed E-state index contributed by atoms with van der Waals surface area (Å²) in [5.74, 6) is 1.19. The molecule has 0 aliphatic carbocycles. The van der Waals surface area contributed by atoms with Gasteiger partial charge >= 0.3 is 0 Å². The van der Waals surface area contributed by atoms with Crippen LogP contribution < -0.4 is 16.0 Å². The molecule has 1 saturated heterocycles. The third-order valence-electron chi connectivity index (χ3n) is 3.36. The first-order valence-corrected chi connectivity index (χ1v) is 6.09. The van der Waals surface area contributed by atoms with E-state index in [1.807, 2.05) is 7.05 Å². The third kappa shape index (κ3) is 1.67. The van der Waals surface area contributed by atoms with Crippen LogP contribution in [0.1, 0.15) is 6.92 Å². The number of nitrogens with one attached hydrogen (secondary N) is 1. The summed E-state index contributed by atoms with van der Waals surface area (Å²) >= 11 is 0. The number of anilines is 2. The monoisotopic (exact) mass is 247 g/mol. The van der Waals surface area contributed by atoms with Gasteiger partial charge in [0.15, 0.2) is 5.65 Å². The largest absolute Gasteiger partial charge is 0.368 e. The molecule has 0 bridgehead atoms. The van der Waals surface area contributed by atoms with Crippen molar-refractivity contribution in [2.24, 2.45) is 7.05 Å². The second-order valence-electron chi connectivity index (χ2n) is 4.66. The zero-order valence-corrected chi connectivity index (χ0v) is 10.6. The van der Waals surface area contributed by atoms with Crippen molar-refractivity contribution >= 4 is 22.8 Å². The van der Waals surface area contributed by atoms with Gasteiger partial charge < -0.3 is 16.0 Å². The van der Waals surface area contributed by atoms with Gasteiger partial charge in [-0.25, -0.2) is 0 Å². The number of aryl methyl sites for hydroxylation is 1. The second kappa shape index (κ2) is 4.09. The first-order chi connectivity index (χ1) is 8.66. The number of aromatic nitrogens is 4. The number of piperazine rings is 1. The molecule has 2 aromatic heterocycles. The van der Waals surface area contributed by atoms with Crippen molar-refractivity contribution in [3.05, 3.63) is 6.20 Å². The molecule has 7 heteroatoms. The lowest BCUT2D eigenvalue weighted by atomic mass is 10.2. The van der Waals surface area contributed by atoms with Gasteiger partial charge in [-0.3, -0.25) is 4.68 Å². The Hall–Kier alpha value is -1.89. The number of rotatable bonds is 1. The van der Waals surface area contributed by atoms with Gasteiger partial charge in [0.1, 0.15) is 5.82 Å². The smallest absolute Gasteiger partial charge is 0.224 e. The Balaban J connectivity index is 2.15. The number of fused-ring (bicyclic) bond motifs is 1. The average molecular weight is 247 g/mol. The van der Waals surface area contributed by atoms with Crippen LogP contribution in [0.2, 0.25) is 0 Å². The van der Waals surface area contributed by atoms with Gasteiger partial charge in [-0.2, -0.15) is 15.1 Å². The third-order valence-corrected chi connectivity index (χ3v) is 3.36. The second-order valence-corrected chi connectivity index (χ2v) is 4.66. The van der Waals surface area contributed by atoms with E-state index in [1.54, 1.807) is 10.9 Å². The molecule has 96 valence electrons. The van der Waals surface area contributed by atoms with Crippen LogP contribution in [0.5, 0.6) is 0 Å². The molecule has 1 aliphatic heterocycles. The lowest BCUT2D eigenvalue weighted by molar-refractivity contribution is 0.498. The molecule has 1 fully saturated rings. The standard InChI is InChI=1S/C11H17N7/c1-7-5-13-3-4-18(7)10-8-6-14-17(2)9(8)15-11(12)16-10/h6-7,13H,3-5H2,1-2H3,(H2,12,15,16). The van der Waals surface area contributed by atoms with Crippen molar-refractivity contribution in [1.82, 2.24) is 25.1 Å². The zero-order chi connectivity index (χ0) is 12.7. The maximum Gasteiger partial charge on any atom is 0.224 e. The Kier molecular flexibility index (Phi) is 2.55. The molecule has 0 spiro atoms. The van der Waals surface area contributed by atoms with Gasteiger partial charge in [0.2, 0.25) is 5.95 Å². The fourth-order valence-corrected chi connectivity index (χ4v) is 2.40. The summed E-state index contributed by atoms with van der Waals surface area (Å²) in [6.07, 6.45) is 1.80. The van der Waals surface area contributed by atoms with Crippen molar-refractivity contribution in [1.29, 1.82) is 0 Å². The topological polar surface area (TPSA) is 84.9 Å². The summed E-state index contributed by atoms with van der Waals surface area (Å²) < 4.78 is 1.73. The van der Waals surface area contributed by atoms with Crippen molar-refractivity contribution in [2.75, 3.05) is 30.3 Å². The molecule has 3 rings (SSSR count). The first kappa shape index (κ1) is 11.2. The van der Waals surface area contributed by atoms with Crippen LogP contribution in [0.15, 0.2) is 6.20 Å². The Morgan fingerprint density at radius 3 is 3.06 bits per heavy atom. The van der Waals surface area contributed by atoms with Gasteiger partial charge in [0, 0.05) is 32.7 Å². The van der Waals surface area contributed by atoms with Gasteiger partial charge in [-0.05, 0) is 6.92 Å². The molecule has 0 radical (unpaired) electrons. The molecule has 1 atom stereocenters. The van der Waals surface area contributed by atoms with Crippen LogP contribution >= 0.6 is 0 Å². The molecule has 2 aromatic rings. The molecule has 18 heavy (non-hydrogen) atoms. The molecule has 0 aromatic carbocycles. The van der Waals surface area contributed by atoms with Crippen LogP contribution in [-0.4, -0.2) is 45.4 Å². The summed E-state index contributed by atoms with van der Waals surface area (Å²) in [4.78, 5) is 10.9. The highest BCUT2D eigenvalue weighted by molar-refractivity contribution is 5.88. The van der Waals surface area contributed by atoms with Crippen molar-refractivity contribution in [3.63, 3.8) is 0 Å². The highest BCUT2D eigenvalue weighted by Gasteiger charge is 2.23. The predicted octanol–water partition coefficient (Wildman–Crippen LogP) is -0.256. The van der Waals surface area contributed by atoms with Gasteiger partial charge in [-0.1, -0.05) is 0 Å². The normalized spacial score (nSPS) is 20.6. The maximum absolute atomic E-state index is 5.80. The van der Waals surface area contributed by atoms with Gasteiger partial charge in [0.25, 0.3) is 0 Å². The van der Waals surface area contributed by atoms with Crippen molar-refractivity contribution in [3.8, 4) is 0 Å². The molecule has 3 N–H and O–H groups in total. The molecule has 1 unspecified atom stereocenters. The molecule has 0 amide bonds. The van der Waals surface area contributed by atoms with Crippen LogP contribution in [0.3, 0.4) is 0 Å². The van der Waals surface area contributed by atoms with Crippen LogP contribution in [0, 0.1) is 0 Å². The maximum atomic E-state index is 5.80. The fourth-order valence-electron chi connectivity index (χ4n) is 2.40. The van der Waals surface area contributed by atoms with Crippen molar-refractivity contribution in [2.45, 2.75) is 13.0 Å². The van der Waals surface area contributed by atoms with E-state index < -0.39 is 0 Å². The lowest BCUT2D eigenvalue weighted by Crippen LogP contribution is -2.50. The Morgan fingerprint density at radius 1 is 1.44 bits per heavy atom. The van der Waals surface area contributed by atoms with Crippen LogP contribution in [0.4, 0.5) is 11.8 Å². The Morgan fingerprint density at radius 2 is 2.28 bits per heavy atom. The summed E-state index contributed by atoms with van der Waals surface area (Å²) in [7, 11) is 1.86. The van der Waals surface area contributed by atoms with Gasteiger partial charge in [0.05, 0.1) is 11.6 Å². The summed E-state index contributed by atoms with van der Waals surface area (Å²) in [5, 5.41) is 8.56. The van der Waals surface area contributed by atoms with E-state index >= 15 is 0 Å². The van der Waals surface area contributed by atoms with E-state index in [4.69, 9.17) is 5.73 Å². The number of hydrogen-bond donors (Lipinski definition) is 2. The molecular formula is C11H17N7. The molecule has 1 aliphatic rings. The zero-order valence-electron chi connectivity index (χ0n) is 10.6. The number of nitrogens with zero attached hydrogens (tertiary/aromatic N) is 5. The van der Waals surface area contributed by atoms with E-state index in [2.05, 4.69) is 32.2 Å². The number of nitrogen functional groups attached to an aromatic ring is 1. The van der Waals surface area contributed by atoms with E-state index in [0.717, 1.165) is 36.5 Å². The van der Waals surface area contributed by atoms with E-state index in [0.29, 0.717) is 12.0 Å². The van der Waals surface area contributed by atoms with E-state index in [-0.39, 0.29) is 0 Å². The fraction of sp³-hybridized carbons (Fsp3) is 0.545. The number of nitrogens with two attached hydrogens (primary N) is 1. The van der Waals surface area contributed by atoms with Crippen LogP contribution in [-0.2, 0) is 7.05 Å². The first-order valence-electron chi connectivity index (χ1n) is 6.09. The minimum atomic E-state index is 0.298. The Bertz CT molecular complexity index is 576. The van der Waals surface area contributed by atoms with Crippen molar-refractivity contribution < 1.29 is 0 Å². The van der Waals surface area contributed by atoms with E-state index in [1.165, 1.54) is 0 Å². The average Bonchev–Trinajstić information content (AvgIpc) is 2.71. The quantitative estimate of drug-likeness (QED) is 0.722. The number of hydrogen-bond acceptors (Lipinski definition) is 6. The summed E-state index contributed by atoms with van der Waals surface area (Å²) in [6.45, 7) is 5.00. The highest BCUT2D eigenvalue weighted by Crippen LogP contribution is 2.26.